The number of aromatic nitrogens is 1. The molecular formula is C24H28FN3O3. The lowest BCUT2D eigenvalue weighted by Gasteiger charge is -2.26. The van der Waals surface area contributed by atoms with E-state index in [2.05, 4.69) is 15.2 Å². The van der Waals surface area contributed by atoms with Crippen LogP contribution in [0, 0.1) is 5.82 Å². The fourth-order valence-corrected chi connectivity index (χ4v) is 4.12. The zero-order valence-corrected chi connectivity index (χ0v) is 17.7. The summed E-state index contributed by atoms with van der Waals surface area (Å²) in [5, 5.41) is 3.93. The summed E-state index contributed by atoms with van der Waals surface area (Å²) in [5.74, 6) is -0.106. The van der Waals surface area contributed by atoms with Crippen molar-refractivity contribution in [2.75, 3.05) is 46.5 Å². The fourth-order valence-electron chi connectivity index (χ4n) is 4.12. The summed E-state index contributed by atoms with van der Waals surface area (Å²) in [6, 6.07) is 12.4. The van der Waals surface area contributed by atoms with Crippen LogP contribution in [0.5, 0.6) is 5.75 Å². The zero-order valence-electron chi connectivity index (χ0n) is 17.7. The van der Waals surface area contributed by atoms with Gasteiger partial charge in [0, 0.05) is 55.6 Å². The Balaban J connectivity index is 1.54. The molecule has 0 aliphatic carbocycles. The molecule has 1 aromatic heterocycles. The van der Waals surface area contributed by atoms with E-state index in [4.69, 9.17) is 9.47 Å². The number of ether oxygens (including phenoxy) is 2. The van der Waals surface area contributed by atoms with E-state index in [1.807, 2.05) is 24.4 Å². The largest absolute Gasteiger partial charge is 0.497 e. The molecule has 2 aromatic carbocycles. The number of hydrogen-bond donors (Lipinski definition) is 2. The predicted molar refractivity (Wildman–Crippen MR) is 118 cm³/mol. The van der Waals surface area contributed by atoms with Crippen molar-refractivity contribution in [3.8, 4) is 5.75 Å². The molecule has 7 heteroatoms. The van der Waals surface area contributed by atoms with Gasteiger partial charge in [0.1, 0.15) is 11.6 Å². The van der Waals surface area contributed by atoms with E-state index in [0.717, 1.165) is 55.1 Å². The second kappa shape index (κ2) is 9.94. The van der Waals surface area contributed by atoms with Gasteiger partial charge >= 0.3 is 0 Å². The van der Waals surface area contributed by atoms with Crippen molar-refractivity contribution in [2.45, 2.75) is 12.3 Å². The molecule has 0 radical (unpaired) electrons. The van der Waals surface area contributed by atoms with E-state index >= 15 is 0 Å². The van der Waals surface area contributed by atoms with Crippen molar-refractivity contribution in [1.82, 2.24) is 15.2 Å². The summed E-state index contributed by atoms with van der Waals surface area (Å²) in [4.78, 5) is 18.3. The SMILES string of the molecule is COc1ccc2[nH]cc([C@H](CC(=O)NCCN3CCOCC3)c3ccccc3F)c2c1. The highest BCUT2D eigenvalue weighted by atomic mass is 19.1. The smallest absolute Gasteiger partial charge is 0.220 e. The Morgan fingerprint density at radius 3 is 2.81 bits per heavy atom. The van der Waals surface area contributed by atoms with Crippen molar-refractivity contribution >= 4 is 16.8 Å². The van der Waals surface area contributed by atoms with E-state index in [0.29, 0.717) is 12.1 Å². The first-order chi connectivity index (χ1) is 15.2. The van der Waals surface area contributed by atoms with Gasteiger partial charge in [0.2, 0.25) is 5.91 Å². The van der Waals surface area contributed by atoms with Crippen molar-refractivity contribution < 1.29 is 18.7 Å². The molecule has 0 unspecified atom stereocenters. The average molecular weight is 426 g/mol. The van der Waals surface area contributed by atoms with Crippen molar-refractivity contribution in [1.29, 1.82) is 0 Å². The molecule has 1 fully saturated rings. The van der Waals surface area contributed by atoms with Crippen LogP contribution in [-0.2, 0) is 9.53 Å². The first-order valence-corrected chi connectivity index (χ1v) is 10.6. The van der Waals surface area contributed by atoms with Gasteiger partial charge in [-0.3, -0.25) is 9.69 Å². The third kappa shape index (κ3) is 5.06. The molecule has 1 saturated heterocycles. The van der Waals surface area contributed by atoms with Gasteiger partial charge in [-0.15, -0.1) is 0 Å². The van der Waals surface area contributed by atoms with Gasteiger partial charge in [-0.05, 0) is 35.4 Å². The molecule has 2 N–H and O–H groups in total. The monoisotopic (exact) mass is 425 g/mol. The van der Waals surface area contributed by atoms with Gasteiger partial charge in [0.05, 0.1) is 20.3 Å². The van der Waals surface area contributed by atoms with Crippen LogP contribution in [0.15, 0.2) is 48.7 Å². The number of H-pyrrole nitrogens is 1. The highest BCUT2D eigenvalue weighted by Gasteiger charge is 2.24. The number of carbonyl (C=O) groups is 1. The highest BCUT2D eigenvalue weighted by Crippen LogP contribution is 2.36. The quantitative estimate of drug-likeness (QED) is 0.581. The number of rotatable bonds is 8. The number of fused-ring (bicyclic) bond motifs is 1. The molecule has 1 amide bonds. The number of nitrogens with zero attached hydrogens (tertiary/aromatic N) is 1. The minimum atomic E-state index is -0.412. The molecule has 164 valence electrons. The minimum Gasteiger partial charge on any atom is -0.497 e. The van der Waals surface area contributed by atoms with Crippen molar-refractivity contribution in [3.05, 3.63) is 65.6 Å². The normalized spacial score (nSPS) is 15.7. The van der Waals surface area contributed by atoms with Crippen molar-refractivity contribution in [2.24, 2.45) is 0 Å². The second-order valence-electron chi connectivity index (χ2n) is 7.74. The van der Waals surface area contributed by atoms with Crippen LogP contribution in [0.25, 0.3) is 10.9 Å². The number of carbonyl (C=O) groups excluding carboxylic acids is 1. The molecule has 2 heterocycles. The minimum absolute atomic E-state index is 0.0984. The Hall–Kier alpha value is -2.90. The van der Waals surface area contributed by atoms with Crippen LogP contribution in [0.3, 0.4) is 0 Å². The molecule has 0 spiro atoms. The van der Waals surface area contributed by atoms with E-state index in [1.165, 1.54) is 6.07 Å². The van der Waals surface area contributed by atoms with Crippen molar-refractivity contribution in [3.63, 3.8) is 0 Å². The van der Waals surface area contributed by atoms with Gasteiger partial charge in [-0.2, -0.15) is 0 Å². The predicted octanol–water partition coefficient (Wildman–Crippen LogP) is 3.29. The summed E-state index contributed by atoms with van der Waals surface area (Å²) in [6.45, 7) is 4.56. The molecule has 0 bridgehead atoms. The zero-order chi connectivity index (χ0) is 21.6. The molecular weight excluding hydrogens is 397 g/mol. The second-order valence-corrected chi connectivity index (χ2v) is 7.74. The number of aromatic amines is 1. The molecule has 31 heavy (non-hydrogen) atoms. The lowest BCUT2D eigenvalue weighted by atomic mass is 9.87. The Kier molecular flexibility index (Phi) is 6.84. The summed E-state index contributed by atoms with van der Waals surface area (Å²) >= 11 is 0. The van der Waals surface area contributed by atoms with E-state index in [9.17, 15) is 9.18 Å². The van der Waals surface area contributed by atoms with Gasteiger partial charge < -0.3 is 19.8 Å². The van der Waals surface area contributed by atoms with Crippen LogP contribution in [-0.4, -0.2) is 62.3 Å². The summed E-state index contributed by atoms with van der Waals surface area (Å²) in [7, 11) is 1.61. The van der Waals surface area contributed by atoms with Gasteiger partial charge in [-0.1, -0.05) is 18.2 Å². The third-order valence-corrected chi connectivity index (χ3v) is 5.82. The van der Waals surface area contributed by atoms with Gasteiger partial charge in [-0.25, -0.2) is 4.39 Å². The lowest BCUT2D eigenvalue weighted by Crippen LogP contribution is -2.41. The first kappa shape index (κ1) is 21.3. The molecule has 0 saturated carbocycles. The number of halogens is 1. The van der Waals surface area contributed by atoms with Crippen LogP contribution in [0.4, 0.5) is 4.39 Å². The van der Waals surface area contributed by atoms with E-state index in [1.54, 1.807) is 25.3 Å². The molecule has 1 aliphatic rings. The standard InChI is InChI=1S/C24H28FN3O3/c1-30-17-6-7-23-20(14-17)21(16-27-23)19(18-4-2-3-5-22(18)25)15-24(29)26-8-9-28-10-12-31-13-11-28/h2-7,14,16,19,27H,8-13,15H2,1H3,(H,26,29)/t19-/m1/s1. The maximum Gasteiger partial charge on any atom is 0.220 e. The summed E-state index contributed by atoms with van der Waals surface area (Å²) in [6.07, 6.45) is 2.02. The average Bonchev–Trinajstić information content (AvgIpc) is 3.21. The lowest BCUT2D eigenvalue weighted by molar-refractivity contribution is -0.121. The number of nitrogens with one attached hydrogen (secondary N) is 2. The molecule has 6 nitrogen and oxygen atoms in total. The third-order valence-electron chi connectivity index (χ3n) is 5.82. The Bertz CT molecular complexity index is 1030. The topological polar surface area (TPSA) is 66.6 Å². The van der Waals surface area contributed by atoms with Crippen LogP contribution < -0.4 is 10.1 Å². The first-order valence-electron chi connectivity index (χ1n) is 10.6. The fraction of sp³-hybridized carbons (Fsp3) is 0.375. The number of hydrogen-bond acceptors (Lipinski definition) is 4. The number of amides is 1. The molecule has 4 rings (SSSR count). The van der Waals surface area contributed by atoms with Gasteiger partial charge in [0.25, 0.3) is 0 Å². The highest BCUT2D eigenvalue weighted by molar-refractivity contribution is 5.87. The summed E-state index contributed by atoms with van der Waals surface area (Å²) in [5.41, 5.74) is 2.31. The Morgan fingerprint density at radius 2 is 2.03 bits per heavy atom. The molecule has 3 aromatic rings. The maximum atomic E-state index is 14.7. The van der Waals surface area contributed by atoms with Crippen LogP contribution in [0.2, 0.25) is 0 Å². The maximum absolute atomic E-state index is 14.7. The Labute approximate surface area is 181 Å². The molecule has 1 atom stereocenters. The molecule has 1 aliphatic heterocycles. The van der Waals surface area contributed by atoms with Crippen LogP contribution >= 0.6 is 0 Å². The van der Waals surface area contributed by atoms with E-state index < -0.39 is 5.92 Å². The van der Waals surface area contributed by atoms with Crippen LogP contribution in [0.1, 0.15) is 23.5 Å². The summed E-state index contributed by atoms with van der Waals surface area (Å²) < 4.78 is 25.5. The van der Waals surface area contributed by atoms with Gasteiger partial charge in [0.15, 0.2) is 0 Å². The Morgan fingerprint density at radius 1 is 1.23 bits per heavy atom. The number of methoxy groups -OCH3 is 1. The van der Waals surface area contributed by atoms with E-state index in [-0.39, 0.29) is 18.1 Å². The number of morpholine rings is 1. The number of benzene rings is 2.